The Hall–Kier alpha value is -0.870. The first-order valence-electron chi connectivity index (χ1n) is 6.00. The molecule has 106 valence electrons. The molecule has 0 aliphatic heterocycles. The van der Waals surface area contributed by atoms with Crippen LogP contribution in [0.4, 0.5) is 0 Å². The van der Waals surface area contributed by atoms with Crippen LogP contribution in [0, 0.1) is 0 Å². The molecule has 0 aliphatic rings. The Morgan fingerprint density at radius 2 is 1.75 bits per heavy atom. The van der Waals surface area contributed by atoms with E-state index >= 15 is 0 Å². The number of thioether (sulfide) groups is 1. The van der Waals surface area contributed by atoms with Crippen LogP contribution in [0.15, 0.2) is 47.4 Å². The fraction of sp³-hybridized carbons (Fsp3) is 0.200. The van der Waals surface area contributed by atoms with E-state index in [1.165, 1.54) is 0 Å². The number of hydrogen-bond donors (Lipinski definition) is 1. The normalized spacial score (nSPS) is 12.2. The minimum atomic E-state index is -0.649. The van der Waals surface area contributed by atoms with Gasteiger partial charge in [0.2, 0.25) is 0 Å². The molecule has 20 heavy (non-hydrogen) atoms. The zero-order chi connectivity index (χ0) is 14.5. The minimum Gasteiger partial charge on any atom is -0.496 e. The van der Waals surface area contributed by atoms with Crippen molar-refractivity contribution in [2.24, 2.45) is 0 Å². The molecule has 0 saturated carbocycles. The van der Waals surface area contributed by atoms with Gasteiger partial charge in [0.15, 0.2) is 0 Å². The van der Waals surface area contributed by atoms with E-state index in [-0.39, 0.29) is 0 Å². The molecule has 0 saturated heterocycles. The lowest BCUT2D eigenvalue weighted by molar-refractivity contribution is 0.199. The van der Waals surface area contributed by atoms with Crippen molar-refractivity contribution in [2.75, 3.05) is 12.9 Å². The predicted molar refractivity (Wildman–Crippen MR) is 85.1 cm³/mol. The van der Waals surface area contributed by atoms with E-state index in [9.17, 15) is 5.11 Å². The van der Waals surface area contributed by atoms with Crippen LogP contribution in [-0.4, -0.2) is 18.0 Å². The SMILES string of the molecule is COc1ccc(Cl)cc1C(O)CSc1ccc(Cl)cc1. The fourth-order valence-corrected chi connectivity index (χ4v) is 2.93. The molecule has 2 rings (SSSR count). The van der Waals surface area contributed by atoms with E-state index in [4.69, 9.17) is 27.9 Å². The first-order valence-corrected chi connectivity index (χ1v) is 7.74. The Balaban J connectivity index is 2.06. The van der Waals surface area contributed by atoms with Crippen LogP contribution < -0.4 is 4.74 Å². The van der Waals surface area contributed by atoms with Crippen molar-refractivity contribution < 1.29 is 9.84 Å². The number of rotatable bonds is 5. The van der Waals surface area contributed by atoms with Crippen LogP contribution in [0.2, 0.25) is 10.0 Å². The van der Waals surface area contributed by atoms with Gasteiger partial charge in [-0.15, -0.1) is 11.8 Å². The van der Waals surface area contributed by atoms with Gasteiger partial charge in [0.1, 0.15) is 5.75 Å². The molecule has 2 aromatic rings. The molecule has 2 nitrogen and oxygen atoms in total. The molecule has 2 aromatic carbocycles. The average Bonchev–Trinajstić information content (AvgIpc) is 2.46. The molecule has 1 unspecified atom stereocenters. The van der Waals surface area contributed by atoms with E-state index in [2.05, 4.69) is 0 Å². The van der Waals surface area contributed by atoms with Crippen LogP contribution in [-0.2, 0) is 0 Å². The Morgan fingerprint density at radius 1 is 1.10 bits per heavy atom. The lowest BCUT2D eigenvalue weighted by Gasteiger charge is -2.15. The molecular weight excluding hydrogens is 315 g/mol. The summed E-state index contributed by atoms with van der Waals surface area (Å²) in [5, 5.41) is 11.6. The summed E-state index contributed by atoms with van der Waals surface area (Å²) in [5.41, 5.74) is 0.696. The van der Waals surface area contributed by atoms with Gasteiger partial charge in [-0.25, -0.2) is 0 Å². The van der Waals surface area contributed by atoms with Crippen molar-refractivity contribution in [3.63, 3.8) is 0 Å². The number of halogens is 2. The Kier molecular flexibility index (Phi) is 5.61. The highest BCUT2D eigenvalue weighted by Crippen LogP contribution is 2.32. The molecule has 0 aliphatic carbocycles. The largest absolute Gasteiger partial charge is 0.496 e. The van der Waals surface area contributed by atoms with Crippen molar-refractivity contribution in [1.29, 1.82) is 0 Å². The molecule has 1 atom stereocenters. The van der Waals surface area contributed by atoms with Gasteiger partial charge in [-0.05, 0) is 42.5 Å². The molecule has 5 heteroatoms. The quantitative estimate of drug-likeness (QED) is 0.797. The first kappa shape index (κ1) is 15.5. The summed E-state index contributed by atoms with van der Waals surface area (Å²) in [4.78, 5) is 1.05. The third-order valence-corrected chi connectivity index (χ3v) is 4.35. The lowest BCUT2D eigenvalue weighted by atomic mass is 10.1. The zero-order valence-electron chi connectivity index (χ0n) is 10.8. The summed E-state index contributed by atoms with van der Waals surface area (Å²) in [6, 6.07) is 12.7. The van der Waals surface area contributed by atoms with Crippen LogP contribution in [0.5, 0.6) is 5.75 Å². The van der Waals surface area contributed by atoms with Gasteiger partial charge in [-0.2, -0.15) is 0 Å². The highest BCUT2D eigenvalue weighted by Gasteiger charge is 2.14. The number of aliphatic hydroxyl groups is 1. The lowest BCUT2D eigenvalue weighted by Crippen LogP contribution is -2.03. The number of methoxy groups -OCH3 is 1. The maximum absolute atomic E-state index is 10.3. The highest BCUT2D eigenvalue weighted by atomic mass is 35.5. The Bertz CT molecular complexity index is 573. The summed E-state index contributed by atoms with van der Waals surface area (Å²) in [7, 11) is 1.58. The van der Waals surface area contributed by atoms with Gasteiger partial charge < -0.3 is 9.84 Å². The monoisotopic (exact) mass is 328 g/mol. The molecule has 0 spiro atoms. The number of aliphatic hydroxyl groups excluding tert-OH is 1. The Morgan fingerprint density at radius 3 is 2.40 bits per heavy atom. The molecular formula is C15H14Cl2O2S. The van der Waals surface area contributed by atoms with Gasteiger partial charge in [0.25, 0.3) is 0 Å². The molecule has 0 radical (unpaired) electrons. The minimum absolute atomic E-state index is 0.512. The van der Waals surface area contributed by atoms with E-state index in [0.29, 0.717) is 27.1 Å². The third-order valence-electron chi connectivity index (χ3n) is 2.77. The van der Waals surface area contributed by atoms with E-state index in [0.717, 1.165) is 4.90 Å². The highest BCUT2D eigenvalue weighted by molar-refractivity contribution is 7.99. The maximum Gasteiger partial charge on any atom is 0.124 e. The summed E-state index contributed by atoms with van der Waals surface area (Å²) >= 11 is 13.4. The topological polar surface area (TPSA) is 29.5 Å². The summed E-state index contributed by atoms with van der Waals surface area (Å²) in [5.74, 6) is 1.15. The summed E-state index contributed by atoms with van der Waals surface area (Å²) in [6.07, 6.45) is -0.649. The van der Waals surface area contributed by atoms with Crippen LogP contribution in [0.25, 0.3) is 0 Å². The van der Waals surface area contributed by atoms with Gasteiger partial charge in [-0.1, -0.05) is 23.2 Å². The number of benzene rings is 2. The van der Waals surface area contributed by atoms with E-state index in [1.54, 1.807) is 37.1 Å². The van der Waals surface area contributed by atoms with E-state index < -0.39 is 6.10 Å². The molecule has 0 fully saturated rings. The predicted octanol–water partition coefficient (Wildman–Crippen LogP) is 4.83. The third kappa shape index (κ3) is 4.06. The van der Waals surface area contributed by atoms with Gasteiger partial charge in [-0.3, -0.25) is 0 Å². The van der Waals surface area contributed by atoms with Crippen LogP contribution in [0.3, 0.4) is 0 Å². The van der Waals surface area contributed by atoms with Crippen molar-refractivity contribution in [2.45, 2.75) is 11.0 Å². The van der Waals surface area contributed by atoms with E-state index in [1.807, 2.05) is 24.3 Å². The fourth-order valence-electron chi connectivity index (χ4n) is 1.76. The number of hydrogen-bond acceptors (Lipinski definition) is 3. The molecule has 0 bridgehead atoms. The second kappa shape index (κ2) is 7.23. The second-order valence-electron chi connectivity index (χ2n) is 4.17. The maximum atomic E-state index is 10.3. The molecule has 0 aromatic heterocycles. The van der Waals surface area contributed by atoms with Gasteiger partial charge in [0.05, 0.1) is 13.2 Å². The van der Waals surface area contributed by atoms with Crippen molar-refractivity contribution in [1.82, 2.24) is 0 Å². The molecule has 0 amide bonds. The first-order chi connectivity index (χ1) is 9.60. The number of ether oxygens (including phenoxy) is 1. The summed E-state index contributed by atoms with van der Waals surface area (Å²) in [6.45, 7) is 0. The van der Waals surface area contributed by atoms with Crippen molar-refractivity contribution in [3.8, 4) is 5.75 Å². The zero-order valence-corrected chi connectivity index (χ0v) is 13.2. The van der Waals surface area contributed by atoms with Crippen molar-refractivity contribution in [3.05, 3.63) is 58.1 Å². The average molecular weight is 329 g/mol. The van der Waals surface area contributed by atoms with Gasteiger partial charge >= 0.3 is 0 Å². The van der Waals surface area contributed by atoms with Crippen molar-refractivity contribution >= 4 is 35.0 Å². The standard InChI is InChI=1S/C15H14Cl2O2S/c1-19-15-7-4-11(17)8-13(15)14(18)9-20-12-5-2-10(16)3-6-12/h2-8,14,18H,9H2,1H3. The smallest absolute Gasteiger partial charge is 0.124 e. The van der Waals surface area contributed by atoms with Crippen LogP contribution >= 0.6 is 35.0 Å². The van der Waals surface area contributed by atoms with Crippen LogP contribution in [0.1, 0.15) is 11.7 Å². The molecule has 0 heterocycles. The Labute approximate surface area is 132 Å². The van der Waals surface area contributed by atoms with Gasteiger partial charge in [0, 0.05) is 26.3 Å². The second-order valence-corrected chi connectivity index (χ2v) is 6.13. The summed E-state index contributed by atoms with van der Waals surface area (Å²) < 4.78 is 5.24. The molecule has 1 N–H and O–H groups in total.